The molecule has 1 aliphatic rings. The van der Waals surface area contributed by atoms with Crippen LogP contribution in [0.5, 0.6) is 0 Å². The molecule has 1 aromatic rings. The zero-order valence-electron chi connectivity index (χ0n) is 11.3. The predicted molar refractivity (Wildman–Crippen MR) is 78.9 cm³/mol. The molecule has 0 amide bonds. The molecule has 1 N–H and O–H groups in total. The number of rotatable bonds is 3. The van der Waals surface area contributed by atoms with Crippen LogP contribution in [-0.2, 0) is 0 Å². The Morgan fingerprint density at radius 1 is 1.55 bits per heavy atom. The number of carbonyl (C=O) groups is 1. The molecule has 2 rings (SSSR count). The Kier molecular flexibility index (Phi) is 4.17. The van der Waals surface area contributed by atoms with E-state index < -0.39 is 10.9 Å². The van der Waals surface area contributed by atoms with Crippen molar-refractivity contribution in [3.8, 4) is 0 Å². The molecule has 1 atom stereocenters. The van der Waals surface area contributed by atoms with E-state index in [9.17, 15) is 14.9 Å². The molecule has 1 saturated heterocycles. The van der Waals surface area contributed by atoms with Crippen LogP contribution in [-0.4, -0.2) is 40.1 Å². The first-order valence-electron chi connectivity index (χ1n) is 6.29. The van der Waals surface area contributed by atoms with Crippen LogP contribution in [0.15, 0.2) is 12.1 Å². The highest BCUT2D eigenvalue weighted by atomic mass is 32.2. The molecule has 1 fully saturated rings. The summed E-state index contributed by atoms with van der Waals surface area (Å²) < 4.78 is 0. The van der Waals surface area contributed by atoms with Crippen LogP contribution in [0, 0.1) is 17.0 Å². The van der Waals surface area contributed by atoms with Gasteiger partial charge in [-0.05, 0) is 13.0 Å². The van der Waals surface area contributed by atoms with Gasteiger partial charge < -0.3 is 10.0 Å². The quantitative estimate of drug-likeness (QED) is 0.681. The number of hydrogen-bond acceptors (Lipinski definition) is 5. The Bertz CT molecular complexity index is 562. The van der Waals surface area contributed by atoms with Crippen molar-refractivity contribution in [2.75, 3.05) is 23.7 Å². The van der Waals surface area contributed by atoms with Crippen molar-refractivity contribution in [2.45, 2.75) is 19.1 Å². The van der Waals surface area contributed by atoms with Crippen LogP contribution in [0.1, 0.15) is 22.8 Å². The number of hydrogen-bond donors (Lipinski definition) is 1. The molecule has 1 aromatic carbocycles. The number of aromatic carboxylic acids is 1. The Labute approximate surface area is 120 Å². The van der Waals surface area contributed by atoms with Gasteiger partial charge in [0.25, 0.3) is 5.69 Å². The summed E-state index contributed by atoms with van der Waals surface area (Å²) in [7, 11) is 0. The lowest BCUT2D eigenvalue weighted by molar-refractivity contribution is -0.385. The second kappa shape index (κ2) is 5.70. The molecular formula is C13H16N2O4S. The van der Waals surface area contributed by atoms with Gasteiger partial charge in [-0.2, -0.15) is 11.8 Å². The van der Waals surface area contributed by atoms with Crippen LogP contribution in [0.3, 0.4) is 0 Å². The fourth-order valence-electron chi connectivity index (χ4n) is 2.36. The minimum atomic E-state index is -1.14. The smallest absolute Gasteiger partial charge is 0.336 e. The van der Waals surface area contributed by atoms with Gasteiger partial charge in [-0.3, -0.25) is 10.1 Å². The zero-order chi connectivity index (χ0) is 14.9. The van der Waals surface area contributed by atoms with Gasteiger partial charge in [-0.1, -0.05) is 6.92 Å². The first-order valence-corrected chi connectivity index (χ1v) is 7.34. The van der Waals surface area contributed by atoms with Crippen LogP contribution in [0.25, 0.3) is 0 Å². The number of carboxylic acid groups (broad SMARTS) is 1. The fraction of sp³-hybridized carbons (Fsp3) is 0.462. The summed E-state index contributed by atoms with van der Waals surface area (Å²) in [6.07, 6.45) is 0. The van der Waals surface area contributed by atoms with Gasteiger partial charge in [0.1, 0.15) is 0 Å². The van der Waals surface area contributed by atoms with Gasteiger partial charge in [-0.25, -0.2) is 4.79 Å². The van der Waals surface area contributed by atoms with Crippen molar-refractivity contribution in [3.63, 3.8) is 0 Å². The van der Waals surface area contributed by atoms with E-state index in [1.54, 1.807) is 6.92 Å². The third kappa shape index (κ3) is 2.87. The standard InChI is InChI=1S/C13H16N2O4S/c1-8-7-14(3-4-20-8)11-5-10(13(16)17)6-12(9(11)2)15(18)19/h5-6,8H,3-4,7H2,1-2H3,(H,16,17). The second-order valence-corrected chi connectivity index (χ2v) is 6.38. The van der Waals surface area contributed by atoms with Crippen molar-refractivity contribution in [1.82, 2.24) is 0 Å². The predicted octanol–water partition coefficient (Wildman–Crippen LogP) is 2.54. The Balaban J connectivity index is 2.50. The molecule has 1 aliphatic heterocycles. The minimum absolute atomic E-state index is 0.0387. The molecule has 0 bridgehead atoms. The van der Waals surface area contributed by atoms with E-state index in [-0.39, 0.29) is 11.3 Å². The summed E-state index contributed by atoms with van der Waals surface area (Å²) in [6, 6.07) is 2.66. The maximum absolute atomic E-state index is 11.1. The Morgan fingerprint density at radius 3 is 2.80 bits per heavy atom. The summed E-state index contributed by atoms with van der Waals surface area (Å²) in [5.41, 5.74) is 1.01. The van der Waals surface area contributed by atoms with E-state index >= 15 is 0 Å². The van der Waals surface area contributed by atoms with Gasteiger partial charge >= 0.3 is 5.97 Å². The molecular weight excluding hydrogens is 280 g/mol. The average Bonchev–Trinajstić information content (AvgIpc) is 2.38. The van der Waals surface area contributed by atoms with Crippen molar-refractivity contribution < 1.29 is 14.8 Å². The first kappa shape index (κ1) is 14.6. The van der Waals surface area contributed by atoms with E-state index in [1.165, 1.54) is 6.07 Å². The van der Waals surface area contributed by atoms with Crippen LogP contribution in [0.2, 0.25) is 0 Å². The molecule has 0 spiro atoms. The van der Waals surface area contributed by atoms with Gasteiger partial charge in [0.05, 0.1) is 16.1 Å². The maximum atomic E-state index is 11.1. The summed E-state index contributed by atoms with van der Waals surface area (Å²) in [4.78, 5) is 23.7. The maximum Gasteiger partial charge on any atom is 0.336 e. The van der Waals surface area contributed by atoms with Crippen LogP contribution in [0.4, 0.5) is 11.4 Å². The summed E-state index contributed by atoms with van der Waals surface area (Å²) >= 11 is 1.85. The number of carboxylic acids is 1. The highest BCUT2D eigenvalue weighted by molar-refractivity contribution is 8.00. The Morgan fingerprint density at radius 2 is 2.25 bits per heavy atom. The summed E-state index contributed by atoms with van der Waals surface area (Å²) in [5, 5.41) is 20.6. The molecule has 0 saturated carbocycles. The average molecular weight is 296 g/mol. The van der Waals surface area contributed by atoms with Crippen molar-refractivity contribution in [2.24, 2.45) is 0 Å². The highest BCUT2D eigenvalue weighted by Gasteiger charge is 2.24. The van der Waals surface area contributed by atoms with E-state index in [4.69, 9.17) is 5.11 Å². The monoisotopic (exact) mass is 296 g/mol. The molecule has 1 unspecified atom stereocenters. The molecule has 108 valence electrons. The third-order valence-electron chi connectivity index (χ3n) is 3.38. The first-order chi connectivity index (χ1) is 9.40. The lowest BCUT2D eigenvalue weighted by Gasteiger charge is -2.33. The van der Waals surface area contributed by atoms with E-state index in [0.29, 0.717) is 16.5 Å². The largest absolute Gasteiger partial charge is 0.478 e. The van der Waals surface area contributed by atoms with Crippen molar-refractivity contribution >= 4 is 29.1 Å². The molecule has 7 heteroatoms. The van der Waals surface area contributed by atoms with Gasteiger partial charge in [-0.15, -0.1) is 0 Å². The van der Waals surface area contributed by atoms with Gasteiger partial charge in [0, 0.05) is 35.8 Å². The summed E-state index contributed by atoms with van der Waals surface area (Å²) in [6.45, 7) is 5.31. The number of nitro benzene ring substituents is 1. The van der Waals surface area contributed by atoms with Crippen LogP contribution >= 0.6 is 11.8 Å². The van der Waals surface area contributed by atoms with Crippen molar-refractivity contribution in [1.29, 1.82) is 0 Å². The highest BCUT2D eigenvalue weighted by Crippen LogP contribution is 2.33. The lowest BCUT2D eigenvalue weighted by atomic mass is 10.1. The van der Waals surface area contributed by atoms with Gasteiger partial charge in [0.15, 0.2) is 0 Å². The SMILES string of the molecule is Cc1c(N2CCSC(C)C2)cc(C(=O)O)cc1[N+](=O)[O-]. The second-order valence-electron chi connectivity index (χ2n) is 4.83. The molecule has 0 radical (unpaired) electrons. The molecule has 0 aliphatic carbocycles. The molecule has 6 nitrogen and oxygen atoms in total. The zero-order valence-corrected chi connectivity index (χ0v) is 12.1. The van der Waals surface area contributed by atoms with E-state index in [0.717, 1.165) is 24.9 Å². The van der Waals surface area contributed by atoms with Crippen LogP contribution < -0.4 is 4.90 Å². The summed E-state index contributed by atoms with van der Waals surface area (Å²) in [5.74, 6) is -0.208. The molecule has 20 heavy (non-hydrogen) atoms. The third-order valence-corrected chi connectivity index (χ3v) is 4.51. The molecule has 0 aromatic heterocycles. The molecule has 1 heterocycles. The number of nitro groups is 1. The number of nitrogens with zero attached hydrogens (tertiary/aromatic N) is 2. The number of benzene rings is 1. The number of anilines is 1. The fourth-order valence-corrected chi connectivity index (χ4v) is 3.38. The van der Waals surface area contributed by atoms with E-state index in [2.05, 4.69) is 6.92 Å². The number of thioether (sulfide) groups is 1. The minimum Gasteiger partial charge on any atom is -0.478 e. The lowest BCUT2D eigenvalue weighted by Crippen LogP contribution is -2.37. The normalized spacial score (nSPS) is 18.9. The van der Waals surface area contributed by atoms with Gasteiger partial charge in [0.2, 0.25) is 0 Å². The van der Waals surface area contributed by atoms with E-state index in [1.807, 2.05) is 16.7 Å². The topological polar surface area (TPSA) is 83.7 Å². The van der Waals surface area contributed by atoms with Crippen molar-refractivity contribution in [3.05, 3.63) is 33.4 Å². The Hall–Kier alpha value is -1.76.